The largest absolute Gasteiger partial charge is 0.316 e. The van der Waals surface area contributed by atoms with Crippen LogP contribution in [0.4, 0.5) is 4.39 Å². The minimum atomic E-state index is -1.29. The summed E-state index contributed by atoms with van der Waals surface area (Å²) in [6.45, 7) is 1.42. The van der Waals surface area contributed by atoms with Crippen molar-refractivity contribution in [1.82, 2.24) is 20.1 Å². The van der Waals surface area contributed by atoms with E-state index in [1.54, 1.807) is 0 Å². The molecule has 0 radical (unpaired) electrons. The van der Waals surface area contributed by atoms with E-state index in [0.717, 1.165) is 32.2 Å². The van der Waals surface area contributed by atoms with Gasteiger partial charge >= 0.3 is 0 Å². The second kappa shape index (κ2) is 6.86. The van der Waals surface area contributed by atoms with E-state index in [-0.39, 0.29) is 12.4 Å². The monoisotopic (exact) mass is 402 g/mol. The second-order valence-corrected chi connectivity index (χ2v) is 8.02. The third-order valence-corrected chi connectivity index (χ3v) is 6.32. The van der Waals surface area contributed by atoms with Crippen molar-refractivity contribution in [2.75, 3.05) is 13.1 Å². The number of nitrogens with one attached hydrogen (secondary N) is 1. The van der Waals surface area contributed by atoms with Crippen molar-refractivity contribution in [3.05, 3.63) is 47.6 Å². The first-order valence-corrected chi connectivity index (χ1v) is 9.67. The lowest BCUT2D eigenvalue weighted by atomic mass is 9.95. The van der Waals surface area contributed by atoms with Crippen LogP contribution in [0.1, 0.15) is 17.8 Å². The predicted molar refractivity (Wildman–Crippen MR) is 111 cm³/mol. The fourth-order valence-corrected chi connectivity index (χ4v) is 4.80. The molecule has 7 heteroatoms. The maximum absolute atomic E-state index is 15.2. The Morgan fingerprint density at radius 2 is 1.78 bits per heavy atom. The van der Waals surface area contributed by atoms with Crippen LogP contribution in [0.3, 0.4) is 0 Å². The first kappa shape index (κ1) is 18.3. The van der Waals surface area contributed by atoms with Crippen molar-refractivity contribution in [3.63, 3.8) is 0 Å². The van der Waals surface area contributed by atoms with Gasteiger partial charge in [-0.1, -0.05) is 12.1 Å². The number of rotatable bonds is 2. The Hall–Kier alpha value is -2.02. The standard InChI is InChI=1S/C20H19FN4S.ClH/c1-25-12-15-10-13(2-4-16(15)24-25)14-3-5-17-18(11-14)26-19(23-17)20(21)6-8-22-9-7-20;/h2-5,10-12,22H,6-9H2,1H3;1H. The number of aromatic nitrogens is 3. The molecule has 1 saturated heterocycles. The van der Waals surface area contributed by atoms with Crippen LogP contribution in [0.2, 0.25) is 0 Å². The van der Waals surface area contributed by atoms with Crippen molar-refractivity contribution < 1.29 is 4.39 Å². The minimum absolute atomic E-state index is 0. The highest BCUT2D eigenvalue weighted by Gasteiger charge is 2.36. The van der Waals surface area contributed by atoms with E-state index in [1.165, 1.54) is 11.3 Å². The molecule has 2 aromatic heterocycles. The Bertz CT molecular complexity index is 1110. The fourth-order valence-electron chi connectivity index (χ4n) is 3.66. The molecule has 140 valence electrons. The SMILES string of the molecule is Cl.Cn1cc2cc(-c3ccc4nc(C5(F)CCNCC5)sc4c3)ccc2n1. The summed E-state index contributed by atoms with van der Waals surface area (Å²) < 4.78 is 18.1. The fraction of sp³-hybridized carbons (Fsp3) is 0.300. The van der Waals surface area contributed by atoms with Gasteiger partial charge in [0.05, 0.1) is 15.7 Å². The number of thiazole rings is 1. The molecule has 0 bridgehead atoms. The molecule has 1 aliphatic heterocycles. The Kier molecular flexibility index (Phi) is 4.66. The Morgan fingerprint density at radius 3 is 2.56 bits per heavy atom. The van der Waals surface area contributed by atoms with Gasteiger partial charge in [0.25, 0.3) is 0 Å². The molecule has 0 amide bonds. The topological polar surface area (TPSA) is 42.7 Å². The second-order valence-electron chi connectivity index (χ2n) is 6.99. The maximum Gasteiger partial charge on any atom is 0.164 e. The van der Waals surface area contributed by atoms with E-state index < -0.39 is 5.67 Å². The molecule has 0 unspecified atom stereocenters. The average Bonchev–Trinajstić information content (AvgIpc) is 3.23. The molecule has 3 heterocycles. The smallest absolute Gasteiger partial charge is 0.164 e. The number of piperidine rings is 1. The zero-order valence-corrected chi connectivity index (χ0v) is 16.5. The summed E-state index contributed by atoms with van der Waals surface area (Å²) in [5, 5.41) is 9.38. The van der Waals surface area contributed by atoms with Gasteiger partial charge in [-0.3, -0.25) is 4.68 Å². The highest BCUT2D eigenvalue weighted by molar-refractivity contribution is 7.18. The Morgan fingerprint density at radius 1 is 1.07 bits per heavy atom. The quantitative estimate of drug-likeness (QED) is 0.522. The van der Waals surface area contributed by atoms with E-state index in [9.17, 15) is 0 Å². The number of hydrogen-bond acceptors (Lipinski definition) is 4. The highest BCUT2D eigenvalue weighted by Crippen LogP contribution is 2.40. The van der Waals surface area contributed by atoms with E-state index in [1.807, 2.05) is 30.1 Å². The molecule has 1 fully saturated rings. The molecule has 0 spiro atoms. The van der Waals surface area contributed by atoms with Gasteiger partial charge in [0.1, 0.15) is 5.01 Å². The van der Waals surface area contributed by atoms with Crippen molar-refractivity contribution in [2.24, 2.45) is 7.05 Å². The van der Waals surface area contributed by atoms with Gasteiger partial charge in [-0.05, 0) is 48.5 Å². The summed E-state index contributed by atoms with van der Waals surface area (Å²) in [6.07, 6.45) is 3.01. The van der Waals surface area contributed by atoms with Crippen LogP contribution in [0, 0.1) is 0 Å². The summed E-state index contributed by atoms with van der Waals surface area (Å²) in [5.41, 5.74) is 2.84. The third-order valence-electron chi connectivity index (χ3n) is 5.12. The first-order valence-electron chi connectivity index (χ1n) is 8.85. The zero-order chi connectivity index (χ0) is 17.7. The van der Waals surface area contributed by atoms with Crippen molar-refractivity contribution in [1.29, 1.82) is 0 Å². The number of fused-ring (bicyclic) bond motifs is 2. The van der Waals surface area contributed by atoms with Gasteiger partial charge in [0.2, 0.25) is 0 Å². The molecule has 0 atom stereocenters. The van der Waals surface area contributed by atoms with Gasteiger partial charge in [0, 0.05) is 31.5 Å². The van der Waals surface area contributed by atoms with E-state index in [4.69, 9.17) is 0 Å². The van der Waals surface area contributed by atoms with Crippen LogP contribution < -0.4 is 5.32 Å². The Balaban J connectivity index is 0.00000180. The Labute approximate surface area is 166 Å². The molecule has 4 nitrogen and oxygen atoms in total. The molecule has 5 rings (SSSR count). The first-order chi connectivity index (χ1) is 12.6. The summed E-state index contributed by atoms with van der Waals surface area (Å²) >= 11 is 1.49. The number of hydrogen-bond donors (Lipinski definition) is 1. The molecular weight excluding hydrogens is 383 g/mol. The van der Waals surface area contributed by atoms with E-state index >= 15 is 4.39 Å². The summed E-state index contributed by atoms with van der Waals surface area (Å²) in [5.74, 6) is 0. The molecule has 4 aromatic rings. The molecule has 27 heavy (non-hydrogen) atoms. The molecule has 0 aliphatic carbocycles. The van der Waals surface area contributed by atoms with Gasteiger partial charge < -0.3 is 5.32 Å². The van der Waals surface area contributed by atoms with Crippen LogP contribution >= 0.6 is 23.7 Å². The maximum atomic E-state index is 15.2. The van der Waals surface area contributed by atoms with Gasteiger partial charge in [0.15, 0.2) is 5.67 Å². The predicted octanol–water partition coefficient (Wildman–Crippen LogP) is 4.82. The van der Waals surface area contributed by atoms with Gasteiger partial charge in [-0.25, -0.2) is 9.37 Å². The number of nitrogens with zero attached hydrogens (tertiary/aromatic N) is 3. The number of benzene rings is 2. The van der Waals surface area contributed by atoms with Crippen LogP contribution in [-0.2, 0) is 12.7 Å². The van der Waals surface area contributed by atoms with Crippen molar-refractivity contribution >= 4 is 44.9 Å². The van der Waals surface area contributed by atoms with Gasteiger partial charge in [-0.2, -0.15) is 5.10 Å². The average molecular weight is 403 g/mol. The lowest BCUT2D eigenvalue weighted by Gasteiger charge is -2.27. The number of halogens is 2. The minimum Gasteiger partial charge on any atom is -0.316 e. The highest BCUT2D eigenvalue weighted by atomic mass is 35.5. The lowest BCUT2D eigenvalue weighted by molar-refractivity contribution is 0.115. The van der Waals surface area contributed by atoms with Crippen LogP contribution in [0.15, 0.2) is 42.6 Å². The van der Waals surface area contributed by atoms with Crippen LogP contribution in [-0.4, -0.2) is 27.9 Å². The molecule has 0 saturated carbocycles. The summed E-state index contributed by atoms with van der Waals surface area (Å²) in [6, 6.07) is 12.5. The third kappa shape index (κ3) is 3.22. The number of aryl methyl sites for hydroxylation is 1. The van der Waals surface area contributed by atoms with Crippen LogP contribution in [0.25, 0.3) is 32.2 Å². The van der Waals surface area contributed by atoms with Crippen LogP contribution in [0.5, 0.6) is 0 Å². The van der Waals surface area contributed by atoms with E-state index in [0.29, 0.717) is 30.9 Å². The molecule has 2 aromatic carbocycles. The molecule has 1 N–H and O–H groups in total. The number of alkyl halides is 1. The summed E-state index contributed by atoms with van der Waals surface area (Å²) in [4.78, 5) is 4.60. The molecular formula is C20H20ClFN4S. The van der Waals surface area contributed by atoms with Crippen molar-refractivity contribution in [2.45, 2.75) is 18.5 Å². The summed E-state index contributed by atoms with van der Waals surface area (Å²) in [7, 11) is 1.93. The van der Waals surface area contributed by atoms with Gasteiger partial charge in [-0.15, -0.1) is 23.7 Å². The molecule has 1 aliphatic rings. The van der Waals surface area contributed by atoms with E-state index in [2.05, 4.69) is 39.7 Å². The van der Waals surface area contributed by atoms with Crippen molar-refractivity contribution in [3.8, 4) is 11.1 Å². The lowest BCUT2D eigenvalue weighted by Crippen LogP contribution is -2.36. The normalized spacial score (nSPS) is 16.5. The zero-order valence-electron chi connectivity index (χ0n) is 14.9.